The van der Waals surface area contributed by atoms with Crippen LogP contribution < -0.4 is 10.1 Å². The minimum atomic E-state index is -0.447. The van der Waals surface area contributed by atoms with Crippen LogP contribution in [0.2, 0.25) is 0 Å². The lowest BCUT2D eigenvalue weighted by molar-refractivity contribution is -0.122. The normalized spacial score (nSPS) is 14.1. The number of H-pyrrole nitrogens is 1. The Morgan fingerprint density at radius 2 is 1.74 bits per heavy atom. The molecule has 1 aromatic heterocycles. The van der Waals surface area contributed by atoms with Crippen molar-refractivity contribution >= 4 is 17.8 Å². The Morgan fingerprint density at radius 3 is 2.35 bits per heavy atom. The Bertz CT molecular complexity index is 1000. The second-order valence-electron chi connectivity index (χ2n) is 8.64. The highest BCUT2D eigenvalue weighted by Crippen LogP contribution is 2.25. The molecular weight excluding hydrogens is 434 g/mol. The molecule has 0 atom stereocenters. The molecule has 0 spiro atoms. The summed E-state index contributed by atoms with van der Waals surface area (Å²) in [4.78, 5) is 42.5. The molecular formula is C26H35N3O5. The van der Waals surface area contributed by atoms with Crippen LogP contribution in [0.15, 0.2) is 24.3 Å². The highest BCUT2D eigenvalue weighted by molar-refractivity contribution is 6.01. The molecule has 0 aliphatic carbocycles. The van der Waals surface area contributed by atoms with Crippen molar-refractivity contribution in [2.75, 3.05) is 26.3 Å². The van der Waals surface area contributed by atoms with E-state index in [2.05, 4.69) is 10.3 Å². The van der Waals surface area contributed by atoms with Gasteiger partial charge in [0.05, 0.1) is 18.8 Å². The van der Waals surface area contributed by atoms with Gasteiger partial charge in [-0.3, -0.25) is 9.59 Å². The van der Waals surface area contributed by atoms with Gasteiger partial charge in [0.15, 0.2) is 0 Å². The molecule has 2 heterocycles. The molecule has 1 aliphatic rings. The first kappa shape index (κ1) is 25.3. The zero-order valence-electron chi connectivity index (χ0n) is 20.5. The molecule has 0 bridgehead atoms. The number of likely N-dealkylation sites (tertiary alicyclic amines) is 1. The van der Waals surface area contributed by atoms with Gasteiger partial charge < -0.3 is 24.7 Å². The fraction of sp³-hybridized carbons (Fsp3) is 0.500. The molecule has 34 heavy (non-hydrogen) atoms. The van der Waals surface area contributed by atoms with E-state index in [1.807, 2.05) is 36.1 Å². The fourth-order valence-corrected chi connectivity index (χ4v) is 4.38. The van der Waals surface area contributed by atoms with Gasteiger partial charge in [-0.15, -0.1) is 0 Å². The third-order valence-corrected chi connectivity index (χ3v) is 6.23. The molecule has 2 aromatic rings. The van der Waals surface area contributed by atoms with Crippen LogP contribution in [-0.4, -0.2) is 54.0 Å². The van der Waals surface area contributed by atoms with E-state index >= 15 is 0 Å². The quantitative estimate of drug-likeness (QED) is 0.545. The van der Waals surface area contributed by atoms with Crippen LogP contribution in [-0.2, 0) is 16.1 Å². The van der Waals surface area contributed by atoms with Crippen molar-refractivity contribution in [1.29, 1.82) is 0 Å². The first-order valence-corrected chi connectivity index (χ1v) is 12.0. The number of benzene rings is 1. The van der Waals surface area contributed by atoms with Gasteiger partial charge in [-0.1, -0.05) is 12.1 Å². The van der Waals surface area contributed by atoms with E-state index in [9.17, 15) is 14.4 Å². The van der Waals surface area contributed by atoms with Gasteiger partial charge >= 0.3 is 5.97 Å². The maximum absolute atomic E-state index is 13.2. The number of hydrogen-bond acceptors (Lipinski definition) is 5. The lowest BCUT2D eigenvalue weighted by Crippen LogP contribution is -2.40. The fourth-order valence-electron chi connectivity index (χ4n) is 4.38. The van der Waals surface area contributed by atoms with E-state index in [-0.39, 0.29) is 24.3 Å². The van der Waals surface area contributed by atoms with Crippen molar-refractivity contribution in [3.8, 4) is 5.75 Å². The molecule has 2 N–H and O–H groups in total. The van der Waals surface area contributed by atoms with Crippen molar-refractivity contribution in [1.82, 2.24) is 15.2 Å². The van der Waals surface area contributed by atoms with Gasteiger partial charge in [-0.2, -0.15) is 0 Å². The lowest BCUT2D eigenvalue weighted by Gasteiger charge is -2.32. The van der Waals surface area contributed by atoms with E-state index in [1.165, 1.54) is 0 Å². The Morgan fingerprint density at radius 1 is 1.06 bits per heavy atom. The van der Waals surface area contributed by atoms with Crippen molar-refractivity contribution in [2.45, 2.75) is 53.5 Å². The standard InChI is InChI=1S/C26H35N3O5/c1-5-33-21-9-7-20(8-10-21)16-27-22(30)15-19-11-13-29(14-12-19)25(31)23-17(3)24(28-18(23)4)26(32)34-6-2/h7-10,19,28H,5-6,11-16H2,1-4H3,(H,27,30). The molecule has 1 aliphatic heterocycles. The van der Waals surface area contributed by atoms with Crippen LogP contribution in [0.3, 0.4) is 0 Å². The number of ether oxygens (including phenoxy) is 2. The molecule has 1 aromatic carbocycles. The smallest absolute Gasteiger partial charge is 0.355 e. The Kier molecular flexibility index (Phi) is 8.73. The predicted molar refractivity (Wildman–Crippen MR) is 129 cm³/mol. The van der Waals surface area contributed by atoms with Crippen molar-refractivity contribution in [3.05, 3.63) is 52.3 Å². The minimum absolute atomic E-state index is 0.0232. The zero-order valence-corrected chi connectivity index (χ0v) is 20.5. The highest BCUT2D eigenvalue weighted by Gasteiger charge is 2.29. The molecule has 8 heteroatoms. The Balaban J connectivity index is 1.48. The van der Waals surface area contributed by atoms with Gasteiger partial charge in [0.2, 0.25) is 5.91 Å². The van der Waals surface area contributed by atoms with Crippen molar-refractivity contribution in [3.63, 3.8) is 0 Å². The molecule has 184 valence electrons. The highest BCUT2D eigenvalue weighted by atomic mass is 16.5. The SMILES string of the molecule is CCOC(=O)c1[nH]c(C)c(C(=O)N2CCC(CC(=O)NCc3ccc(OCC)cc3)CC2)c1C. The second kappa shape index (κ2) is 11.7. The summed E-state index contributed by atoms with van der Waals surface area (Å²) >= 11 is 0. The summed E-state index contributed by atoms with van der Waals surface area (Å²) in [5, 5.41) is 2.99. The van der Waals surface area contributed by atoms with Crippen LogP contribution in [0.25, 0.3) is 0 Å². The third-order valence-electron chi connectivity index (χ3n) is 6.23. The van der Waals surface area contributed by atoms with Crippen LogP contribution in [0.4, 0.5) is 0 Å². The molecule has 2 amide bonds. The summed E-state index contributed by atoms with van der Waals surface area (Å²) in [6.07, 6.45) is 2.00. The minimum Gasteiger partial charge on any atom is -0.494 e. The van der Waals surface area contributed by atoms with Gasteiger partial charge in [0.1, 0.15) is 11.4 Å². The van der Waals surface area contributed by atoms with Crippen LogP contribution in [0.5, 0.6) is 5.75 Å². The molecule has 8 nitrogen and oxygen atoms in total. The number of rotatable bonds is 9. The molecule has 0 unspecified atom stereocenters. The van der Waals surface area contributed by atoms with E-state index < -0.39 is 5.97 Å². The number of nitrogens with zero attached hydrogens (tertiary/aromatic N) is 1. The van der Waals surface area contributed by atoms with Crippen LogP contribution >= 0.6 is 0 Å². The van der Waals surface area contributed by atoms with Crippen LogP contribution in [0, 0.1) is 19.8 Å². The van der Waals surface area contributed by atoms with Gasteiger partial charge in [0, 0.05) is 31.7 Å². The molecule has 1 fully saturated rings. The number of hydrogen-bond donors (Lipinski definition) is 2. The summed E-state index contributed by atoms with van der Waals surface area (Å²) < 4.78 is 10.5. The largest absolute Gasteiger partial charge is 0.494 e. The maximum Gasteiger partial charge on any atom is 0.355 e. The predicted octanol–water partition coefficient (Wildman–Crippen LogP) is 3.77. The summed E-state index contributed by atoms with van der Waals surface area (Å²) in [6.45, 7) is 9.83. The number of piperidine rings is 1. The molecule has 0 saturated carbocycles. The van der Waals surface area contributed by atoms with Crippen molar-refractivity contribution < 1.29 is 23.9 Å². The number of carbonyl (C=O) groups is 3. The van der Waals surface area contributed by atoms with E-state index in [0.29, 0.717) is 55.2 Å². The third kappa shape index (κ3) is 6.18. The zero-order chi connectivity index (χ0) is 24.7. The number of carbonyl (C=O) groups excluding carboxylic acids is 3. The number of esters is 1. The summed E-state index contributed by atoms with van der Waals surface area (Å²) in [7, 11) is 0. The lowest BCUT2D eigenvalue weighted by atomic mass is 9.92. The Hall–Kier alpha value is -3.29. The number of aromatic amines is 1. The molecule has 0 radical (unpaired) electrons. The van der Waals surface area contributed by atoms with E-state index in [4.69, 9.17) is 9.47 Å². The van der Waals surface area contributed by atoms with E-state index in [0.717, 1.165) is 24.2 Å². The topological polar surface area (TPSA) is 101 Å². The van der Waals surface area contributed by atoms with Gasteiger partial charge in [-0.05, 0) is 69.7 Å². The first-order chi connectivity index (χ1) is 16.3. The average Bonchev–Trinajstić information content (AvgIpc) is 3.13. The number of aromatic nitrogens is 1. The summed E-state index contributed by atoms with van der Waals surface area (Å²) in [6, 6.07) is 7.71. The monoisotopic (exact) mass is 469 g/mol. The summed E-state index contributed by atoms with van der Waals surface area (Å²) in [5.74, 6) is 0.557. The molecule has 1 saturated heterocycles. The van der Waals surface area contributed by atoms with Gasteiger partial charge in [0.25, 0.3) is 5.91 Å². The second-order valence-corrected chi connectivity index (χ2v) is 8.64. The van der Waals surface area contributed by atoms with Crippen LogP contribution in [0.1, 0.15) is 70.8 Å². The maximum atomic E-state index is 13.2. The first-order valence-electron chi connectivity index (χ1n) is 12.0. The summed E-state index contributed by atoms with van der Waals surface area (Å²) in [5.41, 5.74) is 3.19. The number of amides is 2. The van der Waals surface area contributed by atoms with Crippen molar-refractivity contribution in [2.24, 2.45) is 5.92 Å². The van der Waals surface area contributed by atoms with Gasteiger partial charge in [-0.25, -0.2) is 4.79 Å². The number of nitrogens with one attached hydrogen (secondary N) is 2. The number of aryl methyl sites for hydroxylation is 1. The molecule has 3 rings (SSSR count). The average molecular weight is 470 g/mol. The Labute approximate surface area is 201 Å². The van der Waals surface area contributed by atoms with E-state index in [1.54, 1.807) is 20.8 Å².